The lowest BCUT2D eigenvalue weighted by molar-refractivity contribution is -0.290. The first-order chi connectivity index (χ1) is 13.2. The number of nitrogens with zero attached hydrogens (tertiary/aromatic N) is 1. The zero-order valence-electron chi connectivity index (χ0n) is 18.2. The second kappa shape index (κ2) is 8.11. The van der Waals surface area contributed by atoms with Crippen molar-refractivity contribution in [1.82, 2.24) is 5.06 Å². The Morgan fingerprint density at radius 3 is 2.14 bits per heavy atom. The molecular formula is C24H35NO2Si. The number of rotatable bonds is 6. The van der Waals surface area contributed by atoms with Crippen LogP contribution in [0.2, 0.25) is 18.1 Å². The molecule has 0 aliphatic carbocycles. The van der Waals surface area contributed by atoms with Crippen LogP contribution < -0.4 is 0 Å². The Bertz CT molecular complexity index is 757. The van der Waals surface area contributed by atoms with Crippen molar-refractivity contribution in [2.75, 3.05) is 0 Å². The highest BCUT2D eigenvalue weighted by atomic mass is 28.4. The molecule has 1 aliphatic heterocycles. The molecule has 28 heavy (non-hydrogen) atoms. The highest BCUT2D eigenvalue weighted by molar-refractivity contribution is 6.74. The van der Waals surface area contributed by atoms with Crippen LogP contribution in [0.3, 0.4) is 0 Å². The summed E-state index contributed by atoms with van der Waals surface area (Å²) in [7, 11) is -2.04. The molecule has 1 heterocycles. The lowest BCUT2D eigenvalue weighted by atomic mass is 9.98. The van der Waals surface area contributed by atoms with Crippen LogP contribution in [-0.2, 0) is 21.6 Å². The van der Waals surface area contributed by atoms with E-state index in [1.807, 2.05) is 0 Å². The van der Waals surface area contributed by atoms with Gasteiger partial charge in [0.05, 0.1) is 0 Å². The lowest BCUT2D eigenvalue weighted by Crippen LogP contribution is -2.48. The van der Waals surface area contributed by atoms with E-state index in [9.17, 15) is 0 Å². The van der Waals surface area contributed by atoms with Gasteiger partial charge in [-0.15, -0.1) is 0 Å². The molecule has 4 heteroatoms. The molecule has 0 saturated carbocycles. The van der Waals surface area contributed by atoms with Gasteiger partial charge in [-0.3, -0.25) is 4.84 Å². The van der Waals surface area contributed by atoms with Gasteiger partial charge in [-0.2, -0.15) is 5.06 Å². The summed E-state index contributed by atoms with van der Waals surface area (Å²) in [6.45, 7) is 14.5. The van der Waals surface area contributed by atoms with E-state index in [0.717, 1.165) is 24.9 Å². The summed E-state index contributed by atoms with van der Waals surface area (Å²) in [4.78, 5) is 6.72. The molecule has 0 spiro atoms. The molecule has 0 amide bonds. The van der Waals surface area contributed by atoms with Crippen molar-refractivity contribution in [3.8, 4) is 0 Å². The molecule has 2 atom stereocenters. The fraction of sp³-hybridized carbons (Fsp3) is 0.500. The van der Waals surface area contributed by atoms with Crippen LogP contribution in [0, 0.1) is 0 Å². The van der Waals surface area contributed by atoms with Crippen LogP contribution in [0.15, 0.2) is 60.7 Å². The number of hydrogen-bond acceptors (Lipinski definition) is 3. The topological polar surface area (TPSA) is 21.7 Å². The summed E-state index contributed by atoms with van der Waals surface area (Å²) in [6, 6.07) is 21.4. The van der Waals surface area contributed by atoms with Gasteiger partial charge in [0.2, 0.25) is 5.79 Å². The fourth-order valence-corrected chi connectivity index (χ4v) is 4.90. The van der Waals surface area contributed by atoms with E-state index in [4.69, 9.17) is 9.26 Å². The van der Waals surface area contributed by atoms with E-state index >= 15 is 0 Å². The molecule has 1 fully saturated rings. The van der Waals surface area contributed by atoms with Crippen molar-refractivity contribution in [1.29, 1.82) is 0 Å². The Morgan fingerprint density at radius 2 is 1.61 bits per heavy atom. The zero-order valence-corrected chi connectivity index (χ0v) is 19.2. The third kappa shape index (κ3) is 4.41. The van der Waals surface area contributed by atoms with Gasteiger partial charge in [-0.1, -0.05) is 88.4 Å². The minimum Gasteiger partial charge on any atom is -0.385 e. The number of hydrogen-bond donors (Lipinski definition) is 0. The van der Waals surface area contributed by atoms with Crippen molar-refractivity contribution in [2.24, 2.45) is 0 Å². The van der Waals surface area contributed by atoms with Gasteiger partial charge in [-0.05, 0) is 30.1 Å². The summed E-state index contributed by atoms with van der Waals surface area (Å²) in [5, 5.41) is 2.27. The first-order valence-corrected chi connectivity index (χ1v) is 13.3. The number of benzene rings is 2. The molecule has 3 nitrogen and oxygen atoms in total. The molecule has 2 aromatic rings. The standard InChI is InChI=1S/C24H35NO2Si/c1-7-22-18-24(21-16-12-9-13-17-21,27-28(5,6)23(2,3)4)26-25(22)19-20-14-10-8-11-15-20/h8-17,22H,7,18-19H2,1-6H3/t22-,24-/m0/s1. The summed E-state index contributed by atoms with van der Waals surface area (Å²) in [5.41, 5.74) is 2.38. The lowest BCUT2D eigenvalue weighted by Gasteiger charge is -2.43. The van der Waals surface area contributed by atoms with E-state index in [-0.39, 0.29) is 5.04 Å². The molecule has 152 valence electrons. The maximum absolute atomic E-state index is 7.01. The Morgan fingerprint density at radius 1 is 1.04 bits per heavy atom. The van der Waals surface area contributed by atoms with Crippen LogP contribution in [0.25, 0.3) is 0 Å². The van der Waals surface area contributed by atoms with Gasteiger partial charge in [-0.25, -0.2) is 0 Å². The van der Waals surface area contributed by atoms with E-state index < -0.39 is 14.1 Å². The average Bonchev–Trinajstić information content (AvgIpc) is 3.00. The molecule has 0 unspecified atom stereocenters. The first kappa shape index (κ1) is 21.3. The maximum atomic E-state index is 7.01. The minimum absolute atomic E-state index is 0.118. The van der Waals surface area contributed by atoms with Gasteiger partial charge in [0.15, 0.2) is 8.32 Å². The van der Waals surface area contributed by atoms with Crippen molar-refractivity contribution < 1.29 is 9.26 Å². The molecule has 0 aromatic heterocycles. The molecule has 1 saturated heterocycles. The molecule has 1 aliphatic rings. The van der Waals surface area contributed by atoms with E-state index in [1.165, 1.54) is 5.56 Å². The minimum atomic E-state index is -2.04. The smallest absolute Gasteiger partial charge is 0.206 e. The fourth-order valence-electron chi connectivity index (χ4n) is 3.53. The van der Waals surface area contributed by atoms with Crippen LogP contribution in [0.5, 0.6) is 0 Å². The van der Waals surface area contributed by atoms with Gasteiger partial charge in [0.1, 0.15) is 0 Å². The Hall–Kier alpha value is -1.46. The molecular weight excluding hydrogens is 362 g/mol. The van der Waals surface area contributed by atoms with Gasteiger partial charge in [0, 0.05) is 24.6 Å². The second-order valence-electron chi connectivity index (χ2n) is 9.40. The highest BCUT2D eigenvalue weighted by Crippen LogP contribution is 2.48. The molecule has 0 N–H and O–H groups in total. The zero-order chi connectivity index (χ0) is 20.4. The summed E-state index contributed by atoms with van der Waals surface area (Å²) in [6.07, 6.45) is 1.88. The Kier molecular flexibility index (Phi) is 6.16. The van der Waals surface area contributed by atoms with Crippen LogP contribution in [0.4, 0.5) is 0 Å². The van der Waals surface area contributed by atoms with Crippen molar-refractivity contribution >= 4 is 8.32 Å². The van der Waals surface area contributed by atoms with Crippen LogP contribution in [0.1, 0.15) is 51.7 Å². The molecule has 3 rings (SSSR count). The first-order valence-electron chi connectivity index (χ1n) is 10.4. The normalized spacial score (nSPS) is 23.9. The van der Waals surface area contributed by atoms with Gasteiger partial charge >= 0.3 is 0 Å². The van der Waals surface area contributed by atoms with Gasteiger partial charge in [0.25, 0.3) is 0 Å². The van der Waals surface area contributed by atoms with E-state index in [0.29, 0.717) is 6.04 Å². The van der Waals surface area contributed by atoms with Crippen molar-refractivity contribution in [2.45, 2.75) is 77.0 Å². The summed E-state index contributed by atoms with van der Waals surface area (Å²) >= 11 is 0. The van der Waals surface area contributed by atoms with Crippen LogP contribution >= 0.6 is 0 Å². The van der Waals surface area contributed by atoms with Crippen molar-refractivity contribution in [3.63, 3.8) is 0 Å². The van der Waals surface area contributed by atoms with Gasteiger partial charge < -0.3 is 4.43 Å². The Balaban J connectivity index is 1.96. The second-order valence-corrected chi connectivity index (χ2v) is 14.1. The largest absolute Gasteiger partial charge is 0.385 e. The highest BCUT2D eigenvalue weighted by Gasteiger charge is 2.53. The SMILES string of the molecule is CC[C@H]1C[C@](O[Si](C)(C)C(C)(C)C)(c2ccccc2)ON1Cc1ccccc1. The van der Waals surface area contributed by atoms with Crippen LogP contribution in [-0.4, -0.2) is 19.4 Å². The van der Waals surface area contributed by atoms with Crippen molar-refractivity contribution in [3.05, 3.63) is 71.8 Å². The maximum Gasteiger partial charge on any atom is 0.206 e. The Labute approximate surface area is 171 Å². The molecule has 0 radical (unpaired) electrons. The quantitative estimate of drug-likeness (QED) is 0.521. The predicted octanol–water partition coefficient (Wildman–Crippen LogP) is 6.48. The monoisotopic (exact) mass is 397 g/mol. The summed E-state index contributed by atoms with van der Waals surface area (Å²) in [5.74, 6) is -0.709. The number of hydroxylamine groups is 2. The average molecular weight is 398 g/mol. The molecule has 0 bridgehead atoms. The third-order valence-corrected chi connectivity index (χ3v) is 10.7. The summed E-state index contributed by atoms with van der Waals surface area (Å²) < 4.78 is 7.01. The third-order valence-electron chi connectivity index (χ3n) is 6.27. The predicted molar refractivity (Wildman–Crippen MR) is 118 cm³/mol. The van der Waals surface area contributed by atoms with E-state index in [1.54, 1.807) is 0 Å². The molecule has 2 aromatic carbocycles. The van der Waals surface area contributed by atoms with E-state index in [2.05, 4.69) is 107 Å².